The number of hydrogen-bond acceptors (Lipinski definition) is 12. The minimum Gasteiger partial charge on any atom is -0.463 e. The summed E-state index contributed by atoms with van der Waals surface area (Å²) in [6.45, 7) is 3.80. The number of allylic oxidation sites excluding steroid dienone is 22. The molecule has 2 aliphatic heterocycles. The fourth-order valence-corrected chi connectivity index (χ4v) is 6.64. The highest BCUT2D eigenvalue weighted by atomic mass is 32.3. The van der Waals surface area contributed by atoms with Gasteiger partial charge in [-0.15, -0.1) is 0 Å². The molecule has 2 rings (SSSR count). The maximum atomic E-state index is 11.6. The van der Waals surface area contributed by atoms with Gasteiger partial charge in [-0.05, 0) is 89.9 Å². The lowest BCUT2D eigenvalue weighted by atomic mass is 10.2. The number of unbranched alkanes of at least 4 members (excludes halogenated alkanes) is 1. The predicted octanol–water partition coefficient (Wildman–Crippen LogP) is 10.8. The van der Waals surface area contributed by atoms with Crippen LogP contribution >= 0.6 is 0 Å². The van der Waals surface area contributed by atoms with Crippen LogP contribution in [0, 0.1) is 0 Å². The summed E-state index contributed by atoms with van der Waals surface area (Å²) >= 11 is 0. The smallest absolute Gasteiger partial charge is 0.400 e. The number of carbonyl (C=O) groups is 2. The van der Waals surface area contributed by atoms with Gasteiger partial charge in [0.2, 0.25) is 0 Å². The molecule has 0 radical (unpaired) electrons. The van der Waals surface area contributed by atoms with Gasteiger partial charge in [0.15, 0.2) is 0 Å². The normalized spacial score (nSPS) is 19.2. The van der Waals surface area contributed by atoms with Crippen molar-refractivity contribution < 1.29 is 52.6 Å². The van der Waals surface area contributed by atoms with E-state index in [0.29, 0.717) is 12.8 Å². The second kappa shape index (κ2) is 38.5. The predicted molar refractivity (Wildman–Crippen MR) is 247 cm³/mol. The monoisotopic (exact) mass is 902 g/mol. The third-order valence-electron chi connectivity index (χ3n) is 8.19. The van der Waals surface area contributed by atoms with Crippen LogP contribution < -0.4 is 0 Å². The molecule has 2 fully saturated rings. The first-order chi connectivity index (χ1) is 30.1. The number of carbonyl (C=O) groups excluding carboxylic acids is 2. The van der Waals surface area contributed by atoms with Crippen molar-refractivity contribution in [1.82, 2.24) is 0 Å². The first-order valence-corrected chi connectivity index (χ1v) is 24.3. The zero-order valence-electron chi connectivity index (χ0n) is 36.7. The van der Waals surface area contributed by atoms with Gasteiger partial charge in [0.05, 0.1) is 13.2 Å². The Bertz CT molecular complexity index is 1760. The molecule has 346 valence electrons. The quantitative estimate of drug-likeness (QED) is 0.0369. The van der Waals surface area contributed by atoms with E-state index in [9.17, 15) is 26.4 Å². The van der Waals surface area contributed by atoms with Gasteiger partial charge in [-0.2, -0.15) is 16.8 Å². The molecule has 12 nitrogen and oxygen atoms in total. The molecule has 2 heterocycles. The molecule has 2 aliphatic rings. The van der Waals surface area contributed by atoms with Crippen LogP contribution in [0.4, 0.5) is 0 Å². The van der Waals surface area contributed by atoms with Crippen LogP contribution in [0.5, 0.6) is 0 Å². The molecule has 0 aliphatic carbocycles. The zero-order valence-corrected chi connectivity index (χ0v) is 38.3. The molecule has 0 bridgehead atoms. The molecule has 0 amide bonds. The Hall–Kier alpha value is -4.18. The summed E-state index contributed by atoms with van der Waals surface area (Å²) < 4.78 is 71.7. The summed E-state index contributed by atoms with van der Waals surface area (Å²) in [5.74, 6) is -0.757. The van der Waals surface area contributed by atoms with Crippen LogP contribution in [0.2, 0.25) is 0 Å². The van der Waals surface area contributed by atoms with Gasteiger partial charge < -0.3 is 9.47 Å². The molecule has 0 aromatic carbocycles. The molecular weight excluding hydrogens is 833 g/mol. The second-order valence-electron chi connectivity index (χ2n) is 13.7. The van der Waals surface area contributed by atoms with Crippen LogP contribution in [0.25, 0.3) is 0 Å². The lowest BCUT2D eigenvalue weighted by Gasteiger charge is -2.06. The van der Waals surface area contributed by atoms with Crippen LogP contribution in [0.15, 0.2) is 134 Å². The van der Waals surface area contributed by atoms with Gasteiger partial charge in [-0.1, -0.05) is 148 Å². The number of esters is 2. The molecule has 0 aromatic rings. The lowest BCUT2D eigenvalue weighted by Crippen LogP contribution is -2.20. The first kappa shape index (κ1) is 55.8. The van der Waals surface area contributed by atoms with E-state index in [4.69, 9.17) is 9.47 Å². The number of hydrogen-bond donors (Lipinski definition) is 0. The highest BCUT2D eigenvalue weighted by Gasteiger charge is 2.31. The molecule has 14 heteroatoms. The van der Waals surface area contributed by atoms with Gasteiger partial charge >= 0.3 is 32.7 Å². The molecule has 0 N–H and O–H groups in total. The third kappa shape index (κ3) is 36.5. The van der Waals surface area contributed by atoms with E-state index in [2.05, 4.69) is 146 Å². The largest absolute Gasteiger partial charge is 0.463 e. The van der Waals surface area contributed by atoms with Crippen molar-refractivity contribution in [2.24, 2.45) is 0 Å². The molecular formula is C48H70O12S2. The van der Waals surface area contributed by atoms with Gasteiger partial charge in [-0.25, -0.2) is 16.7 Å². The van der Waals surface area contributed by atoms with Crippen LogP contribution in [0.3, 0.4) is 0 Å². The topological polar surface area (TPSA) is 158 Å². The average molecular weight is 903 g/mol. The van der Waals surface area contributed by atoms with Gasteiger partial charge in [0.25, 0.3) is 0 Å². The van der Waals surface area contributed by atoms with Crippen LogP contribution in [0.1, 0.15) is 117 Å². The number of ether oxygens (including phenoxy) is 2. The second-order valence-corrected chi connectivity index (χ2v) is 16.2. The molecule has 0 spiro atoms. The molecule has 2 saturated heterocycles. The Morgan fingerprint density at radius 2 is 0.726 bits per heavy atom. The minimum atomic E-state index is -3.91. The Balaban J connectivity index is 0.000000621. The summed E-state index contributed by atoms with van der Waals surface area (Å²) in [7, 11) is -7.81. The zero-order chi connectivity index (χ0) is 45.3. The van der Waals surface area contributed by atoms with E-state index < -0.39 is 39.0 Å². The maximum absolute atomic E-state index is 11.6. The van der Waals surface area contributed by atoms with E-state index >= 15 is 0 Å². The van der Waals surface area contributed by atoms with E-state index in [-0.39, 0.29) is 45.2 Å². The molecule has 2 atom stereocenters. The van der Waals surface area contributed by atoms with Gasteiger partial charge in [0, 0.05) is 12.8 Å². The summed E-state index contributed by atoms with van der Waals surface area (Å²) in [6, 6.07) is 0. The lowest BCUT2D eigenvalue weighted by molar-refractivity contribution is -0.146. The SMILES string of the molecule is CC/C=C\C/C=C\C/C=C\C/C=C\C/C=C\C/C=C\CCC(=O)OCC1COS(=O)(=O)O1.CC/C=C\C/C=C\C/C=C\C/C=C\C/C=C\CCCC(=O)OCC1COS(=O)(=O)O1. The molecule has 62 heavy (non-hydrogen) atoms. The van der Waals surface area contributed by atoms with Crippen molar-refractivity contribution in [3.8, 4) is 0 Å². The molecule has 2 unspecified atom stereocenters. The van der Waals surface area contributed by atoms with Crippen molar-refractivity contribution in [2.75, 3.05) is 26.4 Å². The van der Waals surface area contributed by atoms with Crippen LogP contribution in [-0.2, 0) is 56.6 Å². The van der Waals surface area contributed by atoms with E-state index in [1.807, 2.05) is 18.2 Å². The Kier molecular flexibility index (Phi) is 34.7. The Morgan fingerprint density at radius 3 is 1.03 bits per heavy atom. The fraction of sp³-hybridized carbons (Fsp3) is 0.500. The van der Waals surface area contributed by atoms with Crippen molar-refractivity contribution in [2.45, 2.75) is 129 Å². The van der Waals surface area contributed by atoms with Crippen molar-refractivity contribution in [3.63, 3.8) is 0 Å². The van der Waals surface area contributed by atoms with Crippen molar-refractivity contribution >= 4 is 32.7 Å². The Labute approximate surface area is 372 Å². The summed E-state index contributed by atoms with van der Waals surface area (Å²) in [5.41, 5.74) is 0. The standard InChI is InChI=1S/C25H36O6S.C23H34O6S/c1-2-3-4-5-6-7-8-9-10-11-12-13-14-15-16-17-18-19-20-21-25(26)29-22-24-23-30-32(27,28)31-24;1-2-3-4-5-6-7-8-9-10-11-12-13-14-15-16-17-18-19-23(24)27-20-22-21-28-30(25,26)29-22/h3-4,6-7,9-10,12-13,15-16,18-19,24H,2,5,8,11,14,17,20-23H2,1H3;3-4,6-7,9-10,12-13,15-16,22H,2,5,8,11,14,17-21H2,1H3/b4-3-,7-6-,10-9-,13-12-,16-15-,19-18-;4-3-,7-6-,10-9-,13-12-,16-15-. The highest BCUT2D eigenvalue weighted by molar-refractivity contribution is 7.82. The van der Waals surface area contributed by atoms with E-state index in [1.165, 1.54) is 0 Å². The van der Waals surface area contributed by atoms with E-state index in [1.54, 1.807) is 0 Å². The first-order valence-electron chi connectivity index (χ1n) is 21.7. The summed E-state index contributed by atoms with van der Waals surface area (Å²) in [5, 5.41) is 0. The number of rotatable bonds is 31. The minimum absolute atomic E-state index is 0.111. The summed E-state index contributed by atoms with van der Waals surface area (Å²) in [6.07, 6.45) is 58.7. The molecule has 0 saturated carbocycles. The van der Waals surface area contributed by atoms with Crippen molar-refractivity contribution in [3.05, 3.63) is 134 Å². The third-order valence-corrected chi connectivity index (χ3v) is 10.1. The maximum Gasteiger partial charge on any atom is 0.400 e. The van der Waals surface area contributed by atoms with E-state index in [0.717, 1.165) is 77.0 Å². The molecule has 0 aromatic heterocycles. The van der Waals surface area contributed by atoms with Crippen LogP contribution in [-0.4, -0.2) is 67.4 Å². The Morgan fingerprint density at radius 1 is 0.435 bits per heavy atom. The van der Waals surface area contributed by atoms with Gasteiger partial charge in [0.1, 0.15) is 25.4 Å². The summed E-state index contributed by atoms with van der Waals surface area (Å²) in [4.78, 5) is 23.2. The highest BCUT2D eigenvalue weighted by Crippen LogP contribution is 2.14. The van der Waals surface area contributed by atoms with Crippen molar-refractivity contribution in [1.29, 1.82) is 0 Å². The fourth-order valence-electron chi connectivity index (χ4n) is 5.00. The van der Waals surface area contributed by atoms with Gasteiger partial charge in [-0.3, -0.25) is 9.59 Å². The average Bonchev–Trinajstić information content (AvgIpc) is 3.79.